The van der Waals surface area contributed by atoms with Crippen molar-refractivity contribution >= 4 is 21.6 Å². The van der Waals surface area contributed by atoms with E-state index in [1.165, 1.54) is 41.6 Å². The molecule has 1 N–H and O–H groups in total. The van der Waals surface area contributed by atoms with Crippen LogP contribution in [0.15, 0.2) is 52.5 Å². The maximum atomic E-state index is 13.8. The highest BCUT2D eigenvalue weighted by atomic mass is 32.2. The van der Waals surface area contributed by atoms with Crippen molar-refractivity contribution in [1.82, 2.24) is 9.73 Å². The molecule has 3 rings (SSSR count). The van der Waals surface area contributed by atoms with E-state index in [1.54, 1.807) is 0 Å². The molecule has 1 saturated heterocycles. The Hall–Kier alpha value is -2.65. The highest BCUT2D eigenvalue weighted by molar-refractivity contribution is 7.89. The van der Waals surface area contributed by atoms with Gasteiger partial charge < -0.3 is 0 Å². The van der Waals surface area contributed by atoms with E-state index in [-0.39, 0.29) is 21.7 Å². The third-order valence-corrected chi connectivity index (χ3v) is 6.34. The molecule has 0 bridgehead atoms. The molecule has 6 nitrogen and oxygen atoms in total. The summed E-state index contributed by atoms with van der Waals surface area (Å²) in [5, 5.41) is 3.83. The summed E-state index contributed by atoms with van der Waals surface area (Å²) in [6, 6.07) is 8.70. The topological polar surface area (TPSA) is 78.8 Å². The van der Waals surface area contributed by atoms with Crippen LogP contribution in [-0.2, 0) is 10.0 Å². The monoisotopic (exact) mass is 407 g/mol. The van der Waals surface area contributed by atoms with Crippen LogP contribution in [0.25, 0.3) is 0 Å². The number of carbonyl (C=O) groups is 1. The number of hydrogen-bond donors (Lipinski definition) is 1. The minimum atomic E-state index is -3.65. The Kier molecular flexibility index (Phi) is 5.85. The molecule has 148 valence electrons. The van der Waals surface area contributed by atoms with E-state index in [0.29, 0.717) is 13.1 Å². The Morgan fingerprint density at radius 2 is 1.82 bits per heavy atom. The zero-order valence-corrected chi connectivity index (χ0v) is 16.0. The number of hydrogen-bond acceptors (Lipinski definition) is 4. The first-order valence-electron chi connectivity index (χ1n) is 8.69. The van der Waals surface area contributed by atoms with Crippen LogP contribution in [0.3, 0.4) is 0 Å². The van der Waals surface area contributed by atoms with E-state index < -0.39 is 27.6 Å². The molecule has 9 heteroatoms. The molecule has 0 unspecified atom stereocenters. The molecule has 0 saturated carbocycles. The molecule has 1 aliphatic heterocycles. The molecule has 0 radical (unpaired) electrons. The van der Waals surface area contributed by atoms with E-state index >= 15 is 0 Å². The average molecular weight is 407 g/mol. The standard InChI is InChI=1S/C19H19F2N3O3S/c1-13(17-8-7-15(20)12-18(17)21)22-23-19(25)14-5-4-6-16(11-14)28(26,27)24-9-2-3-10-24/h4-8,11-12H,2-3,9-10H2,1H3,(H,23,25)/b22-13-. The lowest BCUT2D eigenvalue weighted by Gasteiger charge is -2.15. The molecule has 1 amide bonds. The van der Waals surface area contributed by atoms with Gasteiger partial charge in [0.1, 0.15) is 11.6 Å². The maximum absolute atomic E-state index is 13.8. The second kappa shape index (κ2) is 8.15. The SMILES string of the molecule is C/C(=N/NC(=O)c1cccc(S(=O)(=O)N2CCCC2)c1)c1ccc(F)cc1F. The molecular weight excluding hydrogens is 388 g/mol. The molecule has 1 fully saturated rings. The molecule has 1 aliphatic rings. The fourth-order valence-electron chi connectivity index (χ4n) is 2.92. The largest absolute Gasteiger partial charge is 0.271 e. The molecule has 0 aliphatic carbocycles. The summed E-state index contributed by atoms with van der Waals surface area (Å²) in [4.78, 5) is 12.4. The normalized spacial score (nSPS) is 15.6. The highest BCUT2D eigenvalue weighted by Gasteiger charge is 2.27. The average Bonchev–Trinajstić information content (AvgIpc) is 3.21. The van der Waals surface area contributed by atoms with Crippen molar-refractivity contribution in [2.45, 2.75) is 24.7 Å². The number of amides is 1. The van der Waals surface area contributed by atoms with Crippen molar-refractivity contribution < 1.29 is 22.0 Å². The minimum absolute atomic E-state index is 0.0346. The highest BCUT2D eigenvalue weighted by Crippen LogP contribution is 2.21. The minimum Gasteiger partial charge on any atom is -0.267 e. The third kappa shape index (κ3) is 4.26. The zero-order valence-electron chi connectivity index (χ0n) is 15.2. The van der Waals surface area contributed by atoms with Crippen molar-refractivity contribution in [3.63, 3.8) is 0 Å². The predicted octanol–water partition coefficient (Wildman–Crippen LogP) is 2.90. The summed E-state index contributed by atoms with van der Waals surface area (Å²) < 4.78 is 53.4. The second-order valence-corrected chi connectivity index (χ2v) is 8.34. The van der Waals surface area contributed by atoms with Gasteiger partial charge in [-0.2, -0.15) is 9.41 Å². The number of hydrazone groups is 1. The van der Waals surface area contributed by atoms with Crippen LogP contribution in [0, 0.1) is 11.6 Å². The van der Waals surface area contributed by atoms with Crippen LogP contribution in [0.2, 0.25) is 0 Å². The Balaban J connectivity index is 1.78. The second-order valence-electron chi connectivity index (χ2n) is 6.40. The van der Waals surface area contributed by atoms with Crippen molar-refractivity contribution in [2.24, 2.45) is 5.10 Å². The summed E-state index contributed by atoms with van der Waals surface area (Å²) in [6.45, 7) is 2.39. The quantitative estimate of drug-likeness (QED) is 0.612. The first-order valence-corrected chi connectivity index (χ1v) is 10.1. The summed E-state index contributed by atoms with van der Waals surface area (Å²) in [5.41, 5.74) is 2.57. The lowest BCUT2D eigenvalue weighted by atomic mass is 10.1. The summed E-state index contributed by atoms with van der Waals surface area (Å²) >= 11 is 0. The fourth-order valence-corrected chi connectivity index (χ4v) is 4.48. The molecule has 2 aromatic carbocycles. The van der Waals surface area contributed by atoms with E-state index in [1.807, 2.05) is 0 Å². The van der Waals surface area contributed by atoms with Crippen LogP contribution in [-0.4, -0.2) is 37.4 Å². The van der Waals surface area contributed by atoms with Crippen LogP contribution in [0.5, 0.6) is 0 Å². The van der Waals surface area contributed by atoms with E-state index in [2.05, 4.69) is 10.5 Å². The van der Waals surface area contributed by atoms with Crippen molar-refractivity contribution in [3.05, 3.63) is 65.2 Å². The summed E-state index contributed by atoms with van der Waals surface area (Å²) in [7, 11) is -3.65. The molecule has 2 aromatic rings. The van der Waals surface area contributed by atoms with Gasteiger partial charge in [0.25, 0.3) is 5.91 Å². The van der Waals surface area contributed by atoms with Crippen LogP contribution < -0.4 is 5.43 Å². The number of nitrogens with one attached hydrogen (secondary N) is 1. The number of nitrogens with zero attached hydrogens (tertiary/aromatic N) is 2. The van der Waals surface area contributed by atoms with Crippen LogP contribution in [0.4, 0.5) is 8.78 Å². The number of benzene rings is 2. The summed E-state index contributed by atoms with van der Waals surface area (Å²) in [5.74, 6) is -2.15. The van der Waals surface area contributed by atoms with Gasteiger partial charge in [-0.15, -0.1) is 0 Å². The van der Waals surface area contributed by atoms with Gasteiger partial charge in [0.15, 0.2) is 0 Å². The molecule has 28 heavy (non-hydrogen) atoms. The van der Waals surface area contributed by atoms with Gasteiger partial charge in [0.05, 0.1) is 10.6 Å². The van der Waals surface area contributed by atoms with Gasteiger partial charge in [-0.3, -0.25) is 4.79 Å². The maximum Gasteiger partial charge on any atom is 0.271 e. The first-order chi connectivity index (χ1) is 13.3. The number of carbonyl (C=O) groups excluding carboxylic acids is 1. The molecule has 0 spiro atoms. The van der Waals surface area contributed by atoms with Gasteiger partial charge in [0, 0.05) is 30.3 Å². The van der Waals surface area contributed by atoms with Crippen LogP contribution >= 0.6 is 0 Å². The lowest BCUT2D eigenvalue weighted by molar-refractivity contribution is 0.0954. The van der Waals surface area contributed by atoms with Crippen molar-refractivity contribution in [3.8, 4) is 0 Å². The predicted molar refractivity (Wildman–Crippen MR) is 100 cm³/mol. The van der Waals surface area contributed by atoms with Crippen molar-refractivity contribution in [2.75, 3.05) is 13.1 Å². The Morgan fingerprint density at radius 1 is 1.11 bits per heavy atom. The molecule has 1 heterocycles. The van der Waals surface area contributed by atoms with E-state index in [9.17, 15) is 22.0 Å². The Bertz CT molecular complexity index is 1030. The zero-order chi connectivity index (χ0) is 20.3. The lowest BCUT2D eigenvalue weighted by Crippen LogP contribution is -2.28. The Labute approximate surface area is 161 Å². The molecule has 0 aromatic heterocycles. The van der Waals surface area contributed by atoms with E-state index in [0.717, 1.165) is 25.0 Å². The number of halogens is 2. The molecular formula is C19H19F2N3O3S. The van der Waals surface area contributed by atoms with Gasteiger partial charge in [-0.1, -0.05) is 6.07 Å². The summed E-state index contributed by atoms with van der Waals surface area (Å²) in [6.07, 6.45) is 1.63. The number of rotatable bonds is 5. The van der Waals surface area contributed by atoms with Gasteiger partial charge >= 0.3 is 0 Å². The third-order valence-electron chi connectivity index (χ3n) is 4.45. The van der Waals surface area contributed by atoms with Gasteiger partial charge in [-0.25, -0.2) is 22.6 Å². The fraction of sp³-hybridized carbons (Fsp3) is 0.263. The Morgan fingerprint density at radius 3 is 2.50 bits per heavy atom. The number of sulfonamides is 1. The van der Waals surface area contributed by atoms with Gasteiger partial charge in [-0.05, 0) is 50.1 Å². The van der Waals surface area contributed by atoms with E-state index in [4.69, 9.17) is 0 Å². The smallest absolute Gasteiger partial charge is 0.267 e. The first kappa shape index (κ1) is 20.1. The van der Waals surface area contributed by atoms with Crippen molar-refractivity contribution in [1.29, 1.82) is 0 Å². The molecule has 0 atom stereocenters. The van der Waals surface area contributed by atoms with Gasteiger partial charge in [0.2, 0.25) is 10.0 Å². The van der Waals surface area contributed by atoms with Crippen LogP contribution in [0.1, 0.15) is 35.7 Å².